The van der Waals surface area contributed by atoms with Crippen LogP contribution in [0.15, 0.2) is 28.9 Å². The lowest BCUT2D eigenvalue weighted by atomic mass is 10.2. The first kappa shape index (κ1) is 13.3. The SMILES string of the molecule is O=C1NCCCc2nn(Cc3cc(F)ccc3Br)cc21. The lowest BCUT2D eigenvalue weighted by Gasteiger charge is -2.05. The van der Waals surface area contributed by atoms with Crippen molar-refractivity contribution in [3.05, 3.63) is 51.5 Å². The van der Waals surface area contributed by atoms with Gasteiger partial charge in [-0.15, -0.1) is 0 Å². The molecule has 1 aliphatic heterocycles. The first-order valence-corrected chi connectivity index (χ1v) is 7.21. The van der Waals surface area contributed by atoms with Gasteiger partial charge in [-0.2, -0.15) is 5.10 Å². The van der Waals surface area contributed by atoms with Gasteiger partial charge in [-0.3, -0.25) is 9.48 Å². The van der Waals surface area contributed by atoms with Crippen LogP contribution in [0.3, 0.4) is 0 Å². The second-order valence-corrected chi connectivity index (χ2v) is 5.64. The number of halogens is 2. The molecule has 0 bridgehead atoms. The second kappa shape index (κ2) is 5.36. The lowest BCUT2D eigenvalue weighted by molar-refractivity contribution is 0.0956. The Morgan fingerprint density at radius 3 is 3.15 bits per heavy atom. The number of carbonyl (C=O) groups excluding carboxylic acids is 1. The number of rotatable bonds is 2. The van der Waals surface area contributed by atoms with Crippen molar-refractivity contribution >= 4 is 21.8 Å². The monoisotopic (exact) mass is 337 g/mol. The van der Waals surface area contributed by atoms with Gasteiger partial charge in [0.2, 0.25) is 0 Å². The van der Waals surface area contributed by atoms with E-state index < -0.39 is 0 Å². The third-order valence-corrected chi connectivity index (χ3v) is 4.07. The average molecular weight is 338 g/mol. The molecular weight excluding hydrogens is 325 g/mol. The van der Waals surface area contributed by atoms with E-state index in [-0.39, 0.29) is 11.7 Å². The van der Waals surface area contributed by atoms with Gasteiger partial charge in [0.1, 0.15) is 5.82 Å². The Morgan fingerprint density at radius 1 is 1.45 bits per heavy atom. The van der Waals surface area contributed by atoms with E-state index in [2.05, 4.69) is 26.3 Å². The standard InChI is InChI=1S/C14H13BrFN3O/c15-12-4-3-10(16)6-9(12)7-19-8-11-13(18-19)2-1-5-17-14(11)20/h3-4,6,8H,1-2,5,7H2,(H,17,20). The van der Waals surface area contributed by atoms with Crippen LogP contribution in [0.1, 0.15) is 28.0 Å². The summed E-state index contributed by atoms with van der Waals surface area (Å²) in [6.07, 6.45) is 3.40. The Balaban J connectivity index is 1.90. The number of nitrogens with zero attached hydrogens (tertiary/aromatic N) is 2. The maximum absolute atomic E-state index is 13.3. The van der Waals surface area contributed by atoms with Crippen molar-refractivity contribution in [1.29, 1.82) is 0 Å². The number of aryl methyl sites for hydroxylation is 1. The van der Waals surface area contributed by atoms with Crippen LogP contribution in [0.5, 0.6) is 0 Å². The third-order valence-electron chi connectivity index (χ3n) is 3.30. The molecule has 1 aliphatic rings. The molecule has 0 fully saturated rings. The number of nitrogens with one attached hydrogen (secondary N) is 1. The Kier molecular flexibility index (Phi) is 3.56. The fraction of sp³-hybridized carbons (Fsp3) is 0.286. The van der Waals surface area contributed by atoms with Crippen LogP contribution in [0.4, 0.5) is 4.39 Å². The first-order valence-electron chi connectivity index (χ1n) is 6.42. The number of amides is 1. The molecule has 4 nitrogen and oxygen atoms in total. The van der Waals surface area contributed by atoms with Crippen molar-refractivity contribution in [2.45, 2.75) is 19.4 Å². The fourth-order valence-electron chi connectivity index (χ4n) is 2.31. The maximum atomic E-state index is 13.3. The summed E-state index contributed by atoms with van der Waals surface area (Å²) in [6, 6.07) is 4.54. The smallest absolute Gasteiger partial charge is 0.254 e. The summed E-state index contributed by atoms with van der Waals surface area (Å²) in [4.78, 5) is 11.9. The van der Waals surface area contributed by atoms with Gasteiger partial charge in [-0.25, -0.2) is 4.39 Å². The highest BCUT2D eigenvalue weighted by atomic mass is 79.9. The highest BCUT2D eigenvalue weighted by Crippen LogP contribution is 2.20. The predicted octanol–water partition coefficient (Wildman–Crippen LogP) is 2.51. The summed E-state index contributed by atoms with van der Waals surface area (Å²) < 4.78 is 15.8. The number of carbonyl (C=O) groups is 1. The maximum Gasteiger partial charge on any atom is 0.254 e. The molecule has 20 heavy (non-hydrogen) atoms. The third kappa shape index (κ3) is 2.60. The highest BCUT2D eigenvalue weighted by molar-refractivity contribution is 9.10. The predicted molar refractivity (Wildman–Crippen MR) is 76.1 cm³/mol. The molecule has 0 saturated carbocycles. The van der Waals surface area contributed by atoms with E-state index in [9.17, 15) is 9.18 Å². The van der Waals surface area contributed by atoms with Gasteiger partial charge >= 0.3 is 0 Å². The van der Waals surface area contributed by atoms with Gasteiger partial charge in [-0.05, 0) is 36.6 Å². The molecule has 6 heteroatoms. The van der Waals surface area contributed by atoms with Crippen LogP contribution >= 0.6 is 15.9 Å². The minimum atomic E-state index is -0.283. The Morgan fingerprint density at radius 2 is 2.30 bits per heavy atom. The van der Waals surface area contributed by atoms with Gasteiger partial charge < -0.3 is 5.32 Å². The summed E-state index contributed by atoms with van der Waals surface area (Å²) in [6.45, 7) is 1.11. The van der Waals surface area contributed by atoms with Gasteiger partial charge in [0.05, 0.1) is 17.8 Å². The molecule has 1 amide bonds. The zero-order valence-corrected chi connectivity index (χ0v) is 12.3. The number of hydrogen-bond donors (Lipinski definition) is 1. The van der Waals surface area contributed by atoms with E-state index >= 15 is 0 Å². The van der Waals surface area contributed by atoms with Crippen LogP contribution in [-0.2, 0) is 13.0 Å². The normalized spacial score (nSPS) is 14.6. The number of aromatic nitrogens is 2. The van der Waals surface area contributed by atoms with Crippen LogP contribution in [-0.4, -0.2) is 22.2 Å². The van der Waals surface area contributed by atoms with Gasteiger partial charge in [0.25, 0.3) is 5.91 Å². The van der Waals surface area contributed by atoms with E-state index in [1.165, 1.54) is 12.1 Å². The summed E-state index contributed by atoms with van der Waals surface area (Å²) in [5.41, 5.74) is 2.23. The molecule has 104 valence electrons. The van der Waals surface area contributed by atoms with Crippen molar-refractivity contribution in [3.8, 4) is 0 Å². The van der Waals surface area contributed by atoms with Crippen LogP contribution < -0.4 is 5.32 Å². The number of fused-ring (bicyclic) bond motifs is 1. The minimum absolute atomic E-state index is 0.0814. The molecule has 0 atom stereocenters. The fourth-order valence-corrected chi connectivity index (χ4v) is 2.68. The quantitative estimate of drug-likeness (QED) is 0.915. The van der Waals surface area contributed by atoms with Gasteiger partial charge in [-0.1, -0.05) is 15.9 Å². The molecule has 0 unspecified atom stereocenters. The molecule has 2 heterocycles. The van der Waals surface area contributed by atoms with Crippen LogP contribution in [0.2, 0.25) is 0 Å². The Labute approximate surface area is 124 Å². The van der Waals surface area contributed by atoms with Gasteiger partial charge in [0.15, 0.2) is 0 Å². The zero-order chi connectivity index (χ0) is 14.1. The van der Waals surface area contributed by atoms with E-state index in [0.717, 1.165) is 28.6 Å². The average Bonchev–Trinajstić information content (AvgIpc) is 2.74. The summed E-state index contributed by atoms with van der Waals surface area (Å²) in [5.74, 6) is -0.364. The molecule has 0 radical (unpaired) electrons. The van der Waals surface area contributed by atoms with Crippen molar-refractivity contribution in [2.24, 2.45) is 0 Å². The summed E-state index contributed by atoms with van der Waals surface area (Å²) in [7, 11) is 0. The Bertz CT molecular complexity index is 668. The van der Waals surface area contributed by atoms with E-state index in [4.69, 9.17) is 0 Å². The summed E-state index contributed by atoms with van der Waals surface area (Å²) >= 11 is 3.40. The number of benzene rings is 1. The van der Waals surface area contributed by atoms with Crippen molar-refractivity contribution in [3.63, 3.8) is 0 Å². The molecule has 0 saturated heterocycles. The Hall–Kier alpha value is -1.69. The molecule has 0 aliphatic carbocycles. The van der Waals surface area contributed by atoms with Gasteiger partial charge in [0, 0.05) is 17.2 Å². The zero-order valence-electron chi connectivity index (χ0n) is 10.7. The van der Waals surface area contributed by atoms with Crippen LogP contribution in [0, 0.1) is 5.82 Å². The van der Waals surface area contributed by atoms with Crippen LogP contribution in [0.25, 0.3) is 0 Å². The van der Waals surface area contributed by atoms with Crippen molar-refractivity contribution < 1.29 is 9.18 Å². The molecule has 0 spiro atoms. The minimum Gasteiger partial charge on any atom is -0.352 e. The largest absolute Gasteiger partial charge is 0.352 e. The molecule has 3 rings (SSSR count). The highest BCUT2D eigenvalue weighted by Gasteiger charge is 2.19. The lowest BCUT2D eigenvalue weighted by Crippen LogP contribution is -2.22. The molecule has 1 aromatic heterocycles. The van der Waals surface area contributed by atoms with Crippen molar-refractivity contribution in [2.75, 3.05) is 6.54 Å². The van der Waals surface area contributed by atoms with Crippen molar-refractivity contribution in [1.82, 2.24) is 15.1 Å². The molecular formula is C14H13BrFN3O. The second-order valence-electron chi connectivity index (χ2n) is 4.78. The van der Waals surface area contributed by atoms with E-state index in [1.807, 2.05) is 0 Å². The molecule has 2 aromatic rings. The molecule has 1 aromatic carbocycles. The van der Waals surface area contributed by atoms with E-state index in [0.29, 0.717) is 18.7 Å². The number of hydrogen-bond acceptors (Lipinski definition) is 2. The topological polar surface area (TPSA) is 46.9 Å². The van der Waals surface area contributed by atoms with E-state index in [1.54, 1.807) is 16.9 Å². The summed E-state index contributed by atoms with van der Waals surface area (Å²) in [5, 5.41) is 7.28. The molecule has 1 N–H and O–H groups in total. The first-order chi connectivity index (χ1) is 9.63.